The number of anilines is 1. The van der Waals surface area contributed by atoms with Gasteiger partial charge in [0.15, 0.2) is 5.60 Å². The van der Waals surface area contributed by atoms with Gasteiger partial charge in [0.05, 0.1) is 18.3 Å². The second-order valence-corrected chi connectivity index (χ2v) is 12.6. The molecule has 1 aromatic carbocycles. The fraction of sp³-hybridized carbons (Fsp3) is 0.677. The fourth-order valence-electron chi connectivity index (χ4n) is 5.46. The minimum Gasteiger partial charge on any atom is -0.476 e. The average Bonchev–Trinajstić information content (AvgIpc) is 2.89. The number of carbonyl (C=O) groups excluding carboxylic acids is 4. The van der Waals surface area contributed by atoms with Crippen molar-refractivity contribution in [2.24, 2.45) is 0 Å². The highest BCUT2D eigenvalue weighted by molar-refractivity contribution is 6.05. The van der Waals surface area contributed by atoms with Gasteiger partial charge in [-0.3, -0.25) is 9.59 Å². The first-order valence-electron chi connectivity index (χ1n) is 15.0. The van der Waals surface area contributed by atoms with Crippen molar-refractivity contribution in [3.63, 3.8) is 0 Å². The molecule has 2 heterocycles. The Morgan fingerprint density at radius 2 is 1.88 bits per heavy atom. The number of alkyl carbamates (subject to hydrolysis) is 1. The number of nitrogens with one attached hydrogen (secondary N) is 1. The summed E-state index contributed by atoms with van der Waals surface area (Å²) in [5, 5.41) is 2.66. The topological polar surface area (TPSA) is 118 Å². The normalized spacial score (nSPS) is 18.2. The van der Waals surface area contributed by atoms with Gasteiger partial charge in [-0.15, -0.1) is 0 Å². The molecule has 2 aliphatic heterocycles. The summed E-state index contributed by atoms with van der Waals surface area (Å²) in [5.74, 6) is 0.0703. The number of nitrogens with zero attached hydrogens (tertiary/aromatic N) is 3. The van der Waals surface area contributed by atoms with Crippen molar-refractivity contribution in [1.82, 2.24) is 15.1 Å². The lowest BCUT2D eigenvalue weighted by molar-refractivity contribution is -0.132. The number of likely N-dealkylation sites (tertiary alicyclic amines) is 1. The van der Waals surface area contributed by atoms with Gasteiger partial charge in [-0.2, -0.15) is 0 Å². The number of rotatable bonds is 8. The first-order chi connectivity index (χ1) is 19.6. The number of piperidine rings is 1. The number of carbonyl (C=O) groups is 4. The predicted octanol–water partition coefficient (Wildman–Crippen LogP) is 4.75. The smallest absolute Gasteiger partial charge is 0.410 e. The van der Waals surface area contributed by atoms with Gasteiger partial charge in [0.2, 0.25) is 0 Å². The van der Waals surface area contributed by atoms with Crippen LogP contribution in [0.25, 0.3) is 0 Å². The van der Waals surface area contributed by atoms with E-state index >= 15 is 0 Å². The molecule has 1 N–H and O–H groups in total. The van der Waals surface area contributed by atoms with Gasteiger partial charge in [0.1, 0.15) is 11.4 Å². The highest BCUT2D eigenvalue weighted by atomic mass is 16.6. The first-order valence-corrected chi connectivity index (χ1v) is 15.0. The predicted molar refractivity (Wildman–Crippen MR) is 160 cm³/mol. The summed E-state index contributed by atoms with van der Waals surface area (Å²) >= 11 is 0. The van der Waals surface area contributed by atoms with Crippen LogP contribution in [-0.4, -0.2) is 89.9 Å². The Labute approximate surface area is 249 Å². The van der Waals surface area contributed by atoms with Gasteiger partial charge >= 0.3 is 12.2 Å². The van der Waals surface area contributed by atoms with E-state index in [9.17, 15) is 19.2 Å². The number of fused-ring (bicyclic) bond motifs is 1. The van der Waals surface area contributed by atoms with E-state index in [1.807, 2.05) is 52.5 Å². The summed E-state index contributed by atoms with van der Waals surface area (Å²) in [6, 6.07) is 3.25. The lowest BCUT2D eigenvalue weighted by atomic mass is 9.96. The molecule has 1 fully saturated rings. The standard InChI is InChI=1S/C31H48N4O7/c1-10-21-17-25-24(34(27(37)31(8,9)41-25)16-14-32-28(38)40-11-2)18-23(21)26(36)35(20(3)4)22-13-12-15-33(19-22)29(39)42-30(5,6)7/h17-18,20,22H,10-16,19H2,1-9H3,(H,32,38)/t22-/m1/s1. The van der Waals surface area contributed by atoms with E-state index in [2.05, 4.69) is 5.32 Å². The van der Waals surface area contributed by atoms with Crippen LogP contribution in [0.3, 0.4) is 0 Å². The van der Waals surface area contributed by atoms with Gasteiger partial charge in [-0.05, 0) is 92.3 Å². The average molecular weight is 589 g/mol. The second-order valence-electron chi connectivity index (χ2n) is 12.6. The number of benzene rings is 1. The lowest BCUT2D eigenvalue weighted by Crippen LogP contribution is -2.55. The van der Waals surface area contributed by atoms with Crippen LogP contribution in [0.5, 0.6) is 5.75 Å². The van der Waals surface area contributed by atoms with Gasteiger partial charge in [-0.25, -0.2) is 9.59 Å². The molecule has 3 rings (SSSR count). The Hall–Kier alpha value is -3.50. The maximum absolute atomic E-state index is 14.3. The molecule has 4 amide bonds. The van der Waals surface area contributed by atoms with Crippen LogP contribution in [-0.2, 0) is 20.7 Å². The minimum absolute atomic E-state index is 0.136. The highest BCUT2D eigenvalue weighted by Gasteiger charge is 2.42. The summed E-state index contributed by atoms with van der Waals surface area (Å²) in [6.45, 7) is 18.1. The Balaban J connectivity index is 1.95. The van der Waals surface area contributed by atoms with Crippen LogP contribution in [0.1, 0.15) is 91.1 Å². The zero-order chi connectivity index (χ0) is 31.4. The number of hydrogen-bond acceptors (Lipinski definition) is 7. The van der Waals surface area contributed by atoms with Crippen LogP contribution in [0.4, 0.5) is 15.3 Å². The van der Waals surface area contributed by atoms with Crippen molar-refractivity contribution >= 4 is 29.7 Å². The lowest BCUT2D eigenvalue weighted by Gasteiger charge is -2.42. The Bertz CT molecular complexity index is 1170. The molecule has 0 saturated carbocycles. The third kappa shape index (κ3) is 7.66. The monoisotopic (exact) mass is 588 g/mol. The van der Waals surface area contributed by atoms with Crippen LogP contribution in [0.15, 0.2) is 12.1 Å². The minimum atomic E-state index is -1.12. The van der Waals surface area contributed by atoms with Gasteiger partial charge < -0.3 is 34.2 Å². The molecule has 0 radical (unpaired) electrons. The second kappa shape index (κ2) is 13.2. The Morgan fingerprint density at radius 3 is 2.48 bits per heavy atom. The molecule has 1 atom stereocenters. The van der Waals surface area contributed by atoms with Crippen molar-refractivity contribution in [2.45, 2.75) is 105 Å². The maximum atomic E-state index is 14.3. The van der Waals surface area contributed by atoms with E-state index < -0.39 is 17.3 Å². The van der Waals surface area contributed by atoms with Crippen molar-refractivity contribution in [3.8, 4) is 5.75 Å². The molecule has 0 spiro atoms. The number of ether oxygens (including phenoxy) is 3. The van der Waals surface area contributed by atoms with Crippen LogP contribution in [0, 0.1) is 0 Å². The number of hydrogen-bond donors (Lipinski definition) is 1. The molecule has 11 heteroatoms. The van der Waals surface area contributed by atoms with E-state index in [-0.39, 0.29) is 49.7 Å². The number of aryl methyl sites for hydroxylation is 1. The van der Waals surface area contributed by atoms with E-state index in [1.54, 1.807) is 36.6 Å². The molecular formula is C31H48N4O7. The summed E-state index contributed by atoms with van der Waals surface area (Å²) in [7, 11) is 0. The maximum Gasteiger partial charge on any atom is 0.410 e. The summed E-state index contributed by atoms with van der Waals surface area (Å²) in [6.07, 6.45) is 1.16. The molecule has 0 unspecified atom stereocenters. The summed E-state index contributed by atoms with van der Waals surface area (Å²) < 4.78 is 16.7. The van der Waals surface area contributed by atoms with E-state index in [0.29, 0.717) is 36.5 Å². The Kier molecular flexibility index (Phi) is 10.4. The van der Waals surface area contributed by atoms with E-state index in [0.717, 1.165) is 18.4 Å². The van der Waals surface area contributed by atoms with E-state index in [1.165, 1.54) is 0 Å². The van der Waals surface area contributed by atoms with Crippen molar-refractivity contribution in [2.75, 3.05) is 37.7 Å². The molecule has 234 valence electrons. The van der Waals surface area contributed by atoms with Crippen LogP contribution < -0.4 is 15.0 Å². The molecule has 1 saturated heterocycles. The molecule has 42 heavy (non-hydrogen) atoms. The van der Waals surface area contributed by atoms with Crippen LogP contribution in [0.2, 0.25) is 0 Å². The third-order valence-electron chi connectivity index (χ3n) is 7.32. The molecule has 1 aromatic rings. The van der Waals surface area contributed by atoms with Gasteiger partial charge in [-0.1, -0.05) is 6.92 Å². The third-order valence-corrected chi connectivity index (χ3v) is 7.32. The molecule has 2 aliphatic rings. The largest absolute Gasteiger partial charge is 0.476 e. The van der Waals surface area contributed by atoms with Crippen molar-refractivity contribution in [3.05, 3.63) is 23.3 Å². The van der Waals surface area contributed by atoms with Gasteiger partial charge in [0.25, 0.3) is 11.8 Å². The van der Waals surface area contributed by atoms with Crippen LogP contribution >= 0.6 is 0 Å². The fourth-order valence-corrected chi connectivity index (χ4v) is 5.46. The first kappa shape index (κ1) is 33.0. The molecule has 11 nitrogen and oxygen atoms in total. The molecular weight excluding hydrogens is 540 g/mol. The number of amides is 4. The SMILES string of the molecule is CCOC(=O)NCCN1C(=O)C(C)(C)Oc2cc(CC)c(C(=O)N(C(C)C)[C@@H]3CCCN(C(=O)OC(C)(C)C)C3)cc21. The van der Waals surface area contributed by atoms with Gasteiger partial charge in [0, 0.05) is 37.8 Å². The van der Waals surface area contributed by atoms with Crippen molar-refractivity contribution < 1.29 is 33.4 Å². The summed E-state index contributed by atoms with van der Waals surface area (Å²) in [4.78, 5) is 57.6. The van der Waals surface area contributed by atoms with Crippen molar-refractivity contribution in [1.29, 1.82) is 0 Å². The quantitative estimate of drug-likeness (QED) is 0.466. The highest BCUT2D eigenvalue weighted by Crippen LogP contribution is 2.40. The molecule has 0 aliphatic carbocycles. The Morgan fingerprint density at radius 1 is 1.19 bits per heavy atom. The zero-order valence-electron chi connectivity index (χ0n) is 26.7. The van der Waals surface area contributed by atoms with E-state index in [4.69, 9.17) is 14.2 Å². The zero-order valence-corrected chi connectivity index (χ0v) is 26.7. The molecule has 0 bridgehead atoms. The summed E-state index contributed by atoms with van der Waals surface area (Å²) in [5.41, 5.74) is 0.0405. The molecule has 0 aromatic heterocycles.